The SMILES string of the molecule is CC(C)CN(C1CCCC1)C(C)c1ccc(O)cc1. The maximum Gasteiger partial charge on any atom is 0.115 e. The summed E-state index contributed by atoms with van der Waals surface area (Å²) in [6, 6.07) is 8.89. The number of phenols is 1. The van der Waals surface area contributed by atoms with Crippen molar-refractivity contribution in [3.05, 3.63) is 29.8 Å². The molecule has 1 aliphatic carbocycles. The quantitative estimate of drug-likeness (QED) is 0.851. The maximum absolute atomic E-state index is 9.42. The van der Waals surface area contributed by atoms with Gasteiger partial charge in [0.05, 0.1) is 0 Å². The lowest BCUT2D eigenvalue weighted by Gasteiger charge is -2.36. The van der Waals surface area contributed by atoms with Gasteiger partial charge in [0.15, 0.2) is 0 Å². The van der Waals surface area contributed by atoms with Gasteiger partial charge in [-0.05, 0) is 43.4 Å². The van der Waals surface area contributed by atoms with Crippen LogP contribution < -0.4 is 0 Å². The Labute approximate surface area is 117 Å². The molecule has 0 spiro atoms. The van der Waals surface area contributed by atoms with Crippen molar-refractivity contribution in [3.8, 4) is 5.75 Å². The van der Waals surface area contributed by atoms with E-state index < -0.39 is 0 Å². The van der Waals surface area contributed by atoms with Gasteiger partial charge in [-0.15, -0.1) is 0 Å². The Morgan fingerprint density at radius 3 is 2.21 bits per heavy atom. The number of nitrogens with zero attached hydrogens (tertiary/aromatic N) is 1. The van der Waals surface area contributed by atoms with Gasteiger partial charge < -0.3 is 5.11 Å². The normalized spacial score (nSPS) is 18.4. The highest BCUT2D eigenvalue weighted by atomic mass is 16.3. The van der Waals surface area contributed by atoms with Crippen LogP contribution in [-0.2, 0) is 0 Å². The molecular formula is C17H27NO. The number of aromatic hydroxyl groups is 1. The van der Waals surface area contributed by atoms with E-state index in [9.17, 15) is 5.11 Å². The second kappa shape index (κ2) is 6.42. The van der Waals surface area contributed by atoms with Crippen LogP contribution in [0.15, 0.2) is 24.3 Å². The van der Waals surface area contributed by atoms with Gasteiger partial charge in [0, 0.05) is 18.6 Å². The number of hydrogen-bond donors (Lipinski definition) is 1. The molecule has 1 aromatic carbocycles. The van der Waals surface area contributed by atoms with Crippen LogP contribution in [0, 0.1) is 5.92 Å². The van der Waals surface area contributed by atoms with Crippen molar-refractivity contribution >= 4 is 0 Å². The highest BCUT2D eigenvalue weighted by Gasteiger charge is 2.27. The van der Waals surface area contributed by atoms with Crippen LogP contribution in [0.4, 0.5) is 0 Å². The third-order valence-corrected chi connectivity index (χ3v) is 4.24. The molecule has 19 heavy (non-hydrogen) atoms. The van der Waals surface area contributed by atoms with Crippen LogP contribution in [0.5, 0.6) is 5.75 Å². The van der Waals surface area contributed by atoms with E-state index in [-0.39, 0.29) is 0 Å². The molecule has 0 heterocycles. The van der Waals surface area contributed by atoms with E-state index in [1.165, 1.54) is 31.2 Å². The van der Waals surface area contributed by atoms with Gasteiger partial charge in [0.25, 0.3) is 0 Å². The first-order chi connectivity index (χ1) is 9.08. The summed E-state index contributed by atoms with van der Waals surface area (Å²) in [6.07, 6.45) is 5.44. The molecule has 2 rings (SSSR count). The average Bonchev–Trinajstić information content (AvgIpc) is 2.89. The van der Waals surface area contributed by atoms with Crippen molar-refractivity contribution < 1.29 is 5.11 Å². The predicted octanol–water partition coefficient (Wildman–Crippen LogP) is 4.35. The highest BCUT2D eigenvalue weighted by Crippen LogP contribution is 2.32. The summed E-state index contributed by atoms with van der Waals surface area (Å²) >= 11 is 0. The van der Waals surface area contributed by atoms with Crippen molar-refractivity contribution in [1.29, 1.82) is 0 Å². The van der Waals surface area contributed by atoms with Crippen molar-refractivity contribution in [2.45, 2.75) is 58.5 Å². The van der Waals surface area contributed by atoms with Crippen LogP contribution in [0.2, 0.25) is 0 Å². The smallest absolute Gasteiger partial charge is 0.115 e. The number of hydrogen-bond acceptors (Lipinski definition) is 2. The fraction of sp³-hybridized carbons (Fsp3) is 0.647. The summed E-state index contributed by atoms with van der Waals surface area (Å²) in [5, 5.41) is 9.42. The minimum atomic E-state index is 0.354. The van der Waals surface area contributed by atoms with Gasteiger partial charge in [-0.2, -0.15) is 0 Å². The van der Waals surface area contributed by atoms with Crippen LogP contribution in [0.25, 0.3) is 0 Å². The Bertz CT molecular complexity index is 379. The molecule has 1 atom stereocenters. The second-order valence-corrected chi connectivity index (χ2v) is 6.30. The van der Waals surface area contributed by atoms with Crippen molar-refractivity contribution in [1.82, 2.24) is 4.90 Å². The summed E-state index contributed by atoms with van der Waals surface area (Å²) in [7, 11) is 0. The van der Waals surface area contributed by atoms with Gasteiger partial charge in [0.1, 0.15) is 5.75 Å². The first kappa shape index (κ1) is 14.4. The van der Waals surface area contributed by atoms with Crippen LogP contribution in [0.1, 0.15) is 58.1 Å². The molecule has 0 radical (unpaired) electrons. The third-order valence-electron chi connectivity index (χ3n) is 4.24. The molecule has 0 saturated heterocycles. The summed E-state index contributed by atoms with van der Waals surface area (Å²) < 4.78 is 0. The molecule has 0 aromatic heterocycles. The lowest BCUT2D eigenvalue weighted by atomic mass is 10.0. The zero-order valence-electron chi connectivity index (χ0n) is 12.5. The molecule has 2 nitrogen and oxygen atoms in total. The first-order valence-electron chi connectivity index (χ1n) is 7.62. The monoisotopic (exact) mass is 261 g/mol. The number of benzene rings is 1. The van der Waals surface area contributed by atoms with Crippen LogP contribution in [0.3, 0.4) is 0 Å². The Kier molecular flexibility index (Phi) is 4.87. The minimum Gasteiger partial charge on any atom is -0.508 e. The Morgan fingerprint density at radius 2 is 1.68 bits per heavy atom. The van der Waals surface area contributed by atoms with E-state index in [0.29, 0.717) is 17.7 Å². The molecule has 1 unspecified atom stereocenters. The Morgan fingerprint density at radius 1 is 1.11 bits per heavy atom. The summed E-state index contributed by atoms with van der Waals surface area (Å²) in [6.45, 7) is 8.05. The fourth-order valence-corrected chi connectivity index (χ4v) is 3.23. The summed E-state index contributed by atoms with van der Waals surface area (Å²) in [5.41, 5.74) is 1.31. The molecule has 0 amide bonds. The summed E-state index contributed by atoms with van der Waals surface area (Å²) in [5.74, 6) is 1.05. The number of rotatable bonds is 5. The van der Waals surface area contributed by atoms with E-state index in [1.807, 2.05) is 0 Å². The van der Waals surface area contributed by atoms with Crippen molar-refractivity contribution in [2.75, 3.05) is 6.54 Å². The molecule has 1 N–H and O–H groups in total. The van der Waals surface area contributed by atoms with Crippen molar-refractivity contribution in [2.24, 2.45) is 5.92 Å². The van der Waals surface area contributed by atoms with E-state index in [4.69, 9.17) is 0 Å². The molecule has 1 fully saturated rings. The predicted molar refractivity (Wildman–Crippen MR) is 80.3 cm³/mol. The third kappa shape index (κ3) is 3.73. The Balaban J connectivity index is 2.13. The zero-order chi connectivity index (χ0) is 13.8. The van der Waals surface area contributed by atoms with Gasteiger partial charge in [0.2, 0.25) is 0 Å². The largest absolute Gasteiger partial charge is 0.508 e. The maximum atomic E-state index is 9.42. The average molecular weight is 261 g/mol. The molecule has 1 aromatic rings. The summed E-state index contributed by atoms with van der Waals surface area (Å²) in [4.78, 5) is 2.67. The zero-order valence-corrected chi connectivity index (χ0v) is 12.5. The van der Waals surface area contributed by atoms with Crippen LogP contribution >= 0.6 is 0 Å². The van der Waals surface area contributed by atoms with E-state index in [0.717, 1.165) is 12.6 Å². The van der Waals surface area contributed by atoms with E-state index >= 15 is 0 Å². The standard InChI is InChI=1S/C17H27NO/c1-13(2)12-18(16-6-4-5-7-16)14(3)15-8-10-17(19)11-9-15/h8-11,13-14,16,19H,4-7,12H2,1-3H3. The van der Waals surface area contributed by atoms with Gasteiger partial charge in [-0.25, -0.2) is 0 Å². The second-order valence-electron chi connectivity index (χ2n) is 6.30. The topological polar surface area (TPSA) is 23.5 Å². The van der Waals surface area contributed by atoms with Gasteiger partial charge in [-0.1, -0.05) is 38.8 Å². The van der Waals surface area contributed by atoms with E-state index in [1.54, 1.807) is 12.1 Å². The molecule has 1 aliphatic rings. The van der Waals surface area contributed by atoms with Gasteiger partial charge in [-0.3, -0.25) is 4.90 Å². The molecule has 2 heteroatoms. The molecule has 1 saturated carbocycles. The molecule has 0 bridgehead atoms. The minimum absolute atomic E-state index is 0.354. The van der Waals surface area contributed by atoms with E-state index in [2.05, 4.69) is 37.8 Å². The van der Waals surface area contributed by atoms with Crippen molar-refractivity contribution in [3.63, 3.8) is 0 Å². The van der Waals surface area contributed by atoms with Gasteiger partial charge >= 0.3 is 0 Å². The lowest BCUT2D eigenvalue weighted by Crippen LogP contribution is -2.38. The molecule has 106 valence electrons. The fourth-order valence-electron chi connectivity index (χ4n) is 3.23. The highest BCUT2D eigenvalue weighted by molar-refractivity contribution is 5.27. The number of phenolic OH excluding ortho intramolecular Hbond substituents is 1. The first-order valence-corrected chi connectivity index (χ1v) is 7.62. The molecular weight excluding hydrogens is 234 g/mol. The molecule has 0 aliphatic heterocycles. The van der Waals surface area contributed by atoms with Crippen LogP contribution in [-0.4, -0.2) is 22.6 Å². The lowest BCUT2D eigenvalue weighted by molar-refractivity contribution is 0.127. The Hall–Kier alpha value is -1.02.